The summed E-state index contributed by atoms with van der Waals surface area (Å²) in [6, 6.07) is 11.3. The lowest BCUT2D eigenvalue weighted by atomic mass is 10.1. The minimum Gasteiger partial charge on any atom is -0.481 e. The van der Waals surface area contributed by atoms with E-state index in [9.17, 15) is 9.59 Å². The molecule has 0 atom stereocenters. The summed E-state index contributed by atoms with van der Waals surface area (Å²) >= 11 is 3.22. The molecule has 1 aromatic heterocycles. The van der Waals surface area contributed by atoms with Gasteiger partial charge in [0.1, 0.15) is 0 Å². The van der Waals surface area contributed by atoms with Crippen LogP contribution in [0.5, 0.6) is 0 Å². The van der Waals surface area contributed by atoms with Crippen molar-refractivity contribution in [2.24, 2.45) is 0 Å². The molecule has 0 aliphatic carbocycles. The van der Waals surface area contributed by atoms with Gasteiger partial charge in [0.2, 0.25) is 0 Å². The molecular formula is C17H18BrNO4. The fourth-order valence-corrected chi connectivity index (χ4v) is 2.78. The van der Waals surface area contributed by atoms with Crippen molar-refractivity contribution in [1.29, 1.82) is 0 Å². The van der Waals surface area contributed by atoms with Crippen LogP contribution in [0.3, 0.4) is 0 Å². The lowest BCUT2D eigenvalue weighted by Gasteiger charge is -2.22. The topological polar surface area (TPSA) is 70.8 Å². The number of rotatable bonds is 7. The molecule has 2 aromatic rings. The van der Waals surface area contributed by atoms with Gasteiger partial charge in [0.15, 0.2) is 10.4 Å². The lowest BCUT2D eigenvalue weighted by molar-refractivity contribution is -0.137. The number of hydrogen-bond donors (Lipinski definition) is 1. The number of benzene rings is 1. The molecule has 1 heterocycles. The highest BCUT2D eigenvalue weighted by Gasteiger charge is 2.22. The van der Waals surface area contributed by atoms with Gasteiger partial charge in [0.25, 0.3) is 5.91 Å². The summed E-state index contributed by atoms with van der Waals surface area (Å²) in [6.07, 6.45) is 0.425. The Morgan fingerprint density at radius 2 is 1.96 bits per heavy atom. The fourth-order valence-electron chi connectivity index (χ4n) is 2.28. The molecule has 0 spiro atoms. The van der Waals surface area contributed by atoms with E-state index < -0.39 is 5.97 Å². The molecule has 23 heavy (non-hydrogen) atoms. The second-order valence-electron chi connectivity index (χ2n) is 5.27. The van der Waals surface area contributed by atoms with Crippen LogP contribution in [0.1, 0.15) is 34.5 Å². The number of carbonyl (C=O) groups excluding carboxylic acids is 1. The number of aryl methyl sites for hydroxylation is 1. The van der Waals surface area contributed by atoms with Gasteiger partial charge in [0, 0.05) is 25.1 Å². The van der Waals surface area contributed by atoms with Gasteiger partial charge in [-0.15, -0.1) is 0 Å². The molecule has 0 saturated heterocycles. The summed E-state index contributed by atoms with van der Waals surface area (Å²) in [5, 5.41) is 8.79. The molecule has 1 aromatic carbocycles. The summed E-state index contributed by atoms with van der Waals surface area (Å²) in [7, 11) is 0. The van der Waals surface area contributed by atoms with Crippen LogP contribution in [0.15, 0.2) is 45.5 Å². The molecule has 0 radical (unpaired) electrons. The van der Waals surface area contributed by atoms with Gasteiger partial charge in [-0.1, -0.05) is 30.3 Å². The number of carbonyl (C=O) groups is 2. The molecule has 0 bridgehead atoms. The first-order valence-electron chi connectivity index (χ1n) is 7.28. The Kier molecular flexibility index (Phi) is 5.98. The Hall–Kier alpha value is -2.08. The van der Waals surface area contributed by atoms with E-state index in [1.54, 1.807) is 17.9 Å². The Morgan fingerprint density at radius 1 is 1.26 bits per heavy atom. The second-order valence-corrected chi connectivity index (χ2v) is 6.05. The highest BCUT2D eigenvalue weighted by atomic mass is 79.9. The van der Waals surface area contributed by atoms with Gasteiger partial charge >= 0.3 is 5.97 Å². The molecule has 5 nitrogen and oxygen atoms in total. The van der Waals surface area contributed by atoms with Gasteiger partial charge in [-0.05, 0) is 40.9 Å². The van der Waals surface area contributed by atoms with Crippen molar-refractivity contribution in [3.63, 3.8) is 0 Å². The lowest BCUT2D eigenvalue weighted by Crippen LogP contribution is -2.32. The van der Waals surface area contributed by atoms with Crippen molar-refractivity contribution < 1.29 is 19.1 Å². The van der Waals surface area contributed by atoms with Crippen molar-refractivity contribution in [2.75, 3.05) is 6.54 Å². The standard InChI is InChI=1S/C17H18BrNO4/c1-12-10-14(18)23-16(12)17(22)19(9-5-8-15(20)21)11-13-6-3-2-4-7-13/h2-4,6-7,10H,5,8-9,11H2,1H3,(H,20,21). The molecule has 0 fully saturated rings. The number of halogens is 1. The Labute approximate surface area is 143 Å². The molecule has 0 saturated carbocycles. The van der Waals surface area contributed by atoms with Gasteiger partial charge in [-0.25, -0.2) is 0 Å². The summed E-state index contributed by atoms with van der Waals surface area (Å²) in [5.74, 6) is -0.820. The second kappa shape index (κ2) is 7.97. The normalized spacial score (nSPS) is 10.5. The predicted octanol–water partition coefficient (Wildman–Crippen LogP) is 3.86. The van der Waals surface area contributed by atoms with Crippen molar-refractivity contribution in [1.82, 2.24) is 4.90 Å². The van der Waals surface area contributed by atoms with E-state index in [-0.39, 0.29) is 18.1 Å². The molecule has 1 amide bonds. The third-order valence-electron chi connectivity index (χ3n) is 3.40. The SMILES string of the molecule is Cc1cc(Br)oc1C(=O)N(CCCC(=O)O)Cc1ccccc1. The molecule has 0 aliphatic heterocycles. The van der Waals surface area contributed by atoms with Crippen LogP contribution in [0.25, 0.3) is 0 Å². The minimum atomic E-state index is -0.867. The summed E-state index contributed by atoms with van der Waals surface area (Å²) in [5.41, 5.74) is 1.73. The van der Waals surface area contributed by atoms with Crippen molar-refractivity contribution in [3.05, 3.63) is 58.0 Å². The van der Waals surface area contributed by atoms with Gasteiger partial charge in [-0.2, -0.15) is 0 Å². The molecule has 0 aliphatic rings. The summed E-state index contributed by atoms with van der Waals surface area (Å²) < 4.78 is 5.93. The van der Waals surface area contributed by atoms with Gasteiger partial charge in [-0.3, -0.25) is 9.59 Å². The predicted molar refractivity (Wildman–Crippen MR) is 89.2 cm³/mol. The quantitative estimate of drug-likeness (QED) is 0.792. The van der Waals surface area contributed by atoms with Crippen LogP contribution in [0, 0.1) is 6.92 Å². The maximum Gasteiger partial charge on any atom is 0.303 e. The first-order valence-corrected chi connectivity index (χ1v) is 8.07. The molecule has 0 unspecified atom stereocenters. The zero-order valence-corrected chi connectivity index (χ0v) is 14.4. The number of nitrogens with zero attached hydrogens (tertiary/aromatic N) is 1. The Bertz CT molecular complexity index is 681. The Morgan fingerprint density at radius 3 is 2.52 bits per heavy atom. The van der Waals surface area contributed by atoms with E-state index in [2.05, 4.69) is 15.9 Å². The van der Waals surface area contributed by atoms with Crippen molar-refractivity contribution >= 4 is 27.8 Å². The van der Waals surface area contributed by atoms with Crippen LogP contribution >= 0.6 is 15.9 Å². The van der Waals surface area contributed by atoms with Crippen molar-refractivity contribution in [3.8, 4) is 0 Å². The number of hydrogen-bond acceptors (Lipinski definition) is 3. The van der Waals surface area contributed by atoms with Gasteiger partial charge < -0.3 is 14.4 Å². The number of amides is 1. The highest BCUT2D eigenvalue weighted by molar-refractivity contribution is 9.10. The number of carboxylic acid groups (broad SMARTS) is 1. The molecule has 122 valence electrons. The third kappa shape index (κ3) is 4.96. The van der Waals surface area contributed by atoms with Crippen LogP contribution in [-0.2, 0) is 11.3 Å². The van der Waals surface area contributed by atoms with E-state index in [1.807, 2.05) is 30.3 Å². The number of furan rings is 1. The van der Waals surface area contributed by atoms with Crippen LogP contribution in [0.4, 0.5) is 0 Å². The molecule has 6 heteroatoms. The highest BCUT2D eigenvalue weighted by Crippen LogP contribution is 2.22. The van der Waals surface area contributed by atoms with E-state index in [4.69, 9.17) is 9.52 Å². The Balaban J connectivity index is 2.16. The first kappa shape index (κ1) is 17.3. The zero-order valence-electron chi connectivity index (χ0n) is 12.8. The maximum absolute atomic E-state index is 12.7. The van der Waals surface area contributed by atoms with E-state index in [1.165, 1.54) is 0 Å². The monoisotopic (exact) mass is 379 g/mol. The molecule has 1 N–H and O–H groups in total. The van der Waals surface area contributed by atoms with Crippen LogP contribution in [-0.4, -0.2) is 28.4 Å². The fraction of sp³-hybridized carbons (Fsp3) is 0.294. The van der Waals surface area contributed by atoms with E-state index in [0.717, 1.165) is 11.1 Å². The van der Waals surface area contributed by atoms with Crippen molar-refractivity contribution in [2.45, 2.75) is 26.3 Å². The summed E-state index contributed by atoms with van der Waals surface area (Å²) in [6.45, 7) is 2.58. The number of aliphatic carboxylic acids is 1. The smallest absolute Gasteiger partial charge is 0.303 e. The van der Waals surface area contributed by atoms with E-state index in [0.29, 0.717) is 24.2 Å². The van der Waals surface area contributed by atoms with Gasteiger partial charge in [0.05, 0.1) is 0 Å². The maximum atomic E-state index is 12.7. The number of carboxylic acids is 1. The molecular weight excluding hydrogens is 362 g/mol. The average Bonchev–Trinajstić information content (AvgIpc) is 2.85. The average molecular weight is 380 g/mol. The van der Waals surface area contributed by atoms with E-state index >= 15 is 0 Å². The summed E-state index contributed by atoms with van der Waals surface area (Å²) in [4.78, 5) is 25.1. The molecule has 2 rings (SSSR count). The first-order chi connectivity index (χ1) is 11.0. The van der Waals surface area contributed by atoms with Crippen LogP contribution < -0.4 is 0 Å². The third-order valence-corrected chi connectivity index (χ3v) is 3.79. The largest absolute Gasteiger partial charge is 0.481 e. The zero-order chi connectivity index (χ0) is 16.8. The minimum absolute atomic E-state index is 0.0272. The van der Waals surface area contributed by atoms with Crippen LogP contribution in [0.2, 0.25) is 0 Å².